The van der Waals surface area contributed by atoms with Gasteiger partial charge < -0.3 is 30.0 Å². The van der Waals surface area contributed by atoms with Gasteiger partial charge in [-0.1, -0.05) is 0 Å². The molecule has 0 heterocycles. The number of aliphatic carboxylic acids is 1. The minimum absolute atomic E-state index is 0.0698. The van der Waals surface area contributed by atoms with Crippen LogP contribution in [0.4, 0.5) is 0 Å². The zero-order valence-corrected chi connectivity index (χ0v) is 16.1. The molecule has 9 nitrogen and oxygen atoms in total. The average Bonchev–Trinajstić information content (AvgIpc) is 2.67. The van der Waals surface area contributed by atoms with E-state index in [9.17, 15) is 14.4 Å². The molecule has 0 radical (unpaired) electrons. The third-order valence-corrected chi connectivity index (χ3v) is 3.78. The summed E-state index contributed by atoms with van der Waals surface area (Å²) in [5.74, 6) is -1.13. The van der Waals surface area contributed by atoms with Gasteiger partial charge in [-0.3, -0.25) is 14.4 Å². The first-order chi connectivity index (χ1) is 12.9. The molecule has 0 aliphatic heterocycles. The summed E-state index contributed by atoms with van der Waals surface area (Å²) in [4.78, 5) is 35.6. The second-order valence-electron chi connectivity index (χ2n) is 5.35. The number of carboxylic acid groups (broad SMARTS) is 1. The number of ether oxygens (including phenoxy) is 3. The van der Waals surface area contributed by atoms with E-state index < -0.39 is 23.8 Å². The van der Waals surface area contributed by atoms with Gasteiger partial charge in [0.2, 0.25) is 11.7 Å². The Kier molecular flexibility index (Phi) is 9.21. The van der Waals surface area contributed by atoms with E-state index in [1.807, 2.05) is 0 Å². The van der Waals surface area contributed by atoms with Gasteiger partial charge in [-0.2, -0.15) is 0 Å². The van der Waals surface area contributed by atoms with Crippen molar-refractivity contribution in [2.24, 2.45) is 0 Å². The first kappa shape index (κ1) is 22.4. The Hall–Kier alpha value is -2.68. The van der Waals surface area contributed by atoms with Gasteiger partial charge in [-0.15, -0.1) is 11.6 Å². The Balaban J connectivity index is 3.05. The highest BCUT2D eigenvalue weighted by atomic mass is 35.5. The second kappa shape index (κ2) is 11.1. The monoisotopic (exact) mass is 402 g/mol. The topological polar surface area (TPSA) is 123 Å². The number of benzene rings is 1. The second-order valence-corrected chi connectivity index (χ2v) is 5.73. The molecule has 0 fully saturated rings. The standard InChI is InChI=1S/C17H23ClN2O7/c1-25-12-8-10(9-13(26-2)15(12)27-3)16(23)20-11(4-5-14(21)22)17(24)19-7-6-18/h8-9,11H,4-7H2,1-3H3,(H,19,24)(H,20,23)(H,21,22)/t11-/m1/s1. The normalized spacial score (nSPS) is 11.3. The van der Waals surface area contributed by atoms with E-state index in [1.165, 1.54) is 33.5 Å². The van der Waals surface area contributed by atoms with E-state index in [0.717, 1.165) is 0 Å². The van der Waals surface area contributed by atoms with E-state index in [-0.39, 0.29) is 42.3 Å². The number of hydrogen-bond acceptors (Lipinski definition) is 6. The van der Waals surface area contributed by atoms with Crippen molar-refractivity contribution in [1.82, 2.24) is 10.6 Å². The highest BCUT2D eigenvalue weighted by Crippen LogP contribution is 2.38. The van der Waals surface area contributed by atoms with E-state index >= 15 is 0 Å². The SMILES string of the molecule is COc1cc(C(=O)N[C@H](CCC(=O)O)C(=O)NCCCl)cc(OC)c1OC. The smallest absolute Gasteiger partial charge is 0.303 e. The molecule has 0 saturated heterocycles. The zero-order chi connectivity index (χ0) is 20.4. The third-order valence-electron chi connectivity index (χ3n) is 3.59. The first-order valence-electron chi connectivity index (χ1n) is 8.04. The van der Waals surface area contributed by atoms with Crippen LogP contribution in [0.5, 0.6) is 17.2 Å². The average molecular weight is 403 g/mol. The van der Waals surface area contributed by atoms with Gasteiger partial charge in [0.1, 0.15) is 6.04 Å². The molecule has 0 spiro atoms. The van der Waals surface area contributed by atoms with Crippen molar-refractivity contribution in [1.29, 1.82) is 0 Å². The van der Waals surface area contributed by atoms with Crippen molar-refractivity contribution < 1.29 is 33.7 Å². The lowest BCUT2D eigenvalue weighted by atomic mass is 10.1. The van der Waals surface area contributed by atoms with E-state index in [0.29, 0.717) is 5.75 Å². The summed E-state index contributed by atoms with van der Waals surface area (Å²) in [7, 11) is 4.26. The number of carboxylic acids is 1. The third kappa shape index (κ3) is 6.52. The highest BCUT2D eigenvalue weighted by Gasteiger charge is 2.24. The molecule has 1 atom stereocenters. The number of nitrogens with one attached hydrogen (secondary N) is 2. The predicted octanol–water partition coefficient (Wildman–Crippen LogP) is 1.03. The van der Waals surface area contributed by atoms with Crippen LogP contribution in [0.2, 0.25) is 0 Å². The van der Waals surface area contributed by atoms with Crippen molar-refractivity contribution >= 4 is 29.4 Å². The molecular formula is C17H23ClN2O7. The van der Waals surface area contributed by atoms with Crippen molar-refractivity contribution in [3.05, 3.63) is 17.7 Å². The summed E-state index contributed by atoms with van der Waals surface area (Å²) in [5, 5.41) is 13.9. The molecule has 1 aromatic rings. The minimum atomic E-state index is -1.08. The van der Waals surface area contributed by atoms with Crippen molar-refractivity contribution in [3.63, 3.8) is 0 Å². The van der Waals surface area contributed by atoms with Gasteiger partial charge in [0.15, 0.2) is 11.5 Å². The predicted molar refractivity (Wildman–Crippen MR) is 98.0 cm³/mol. The Bertz CT molecular complexity index is 656. The first-order valence-corrected chi connectivity index (χ1v) is 8.57. The molecule has 150 valence electrons. The van der Waals surface area contributed by atoms with Crippen LogP contribution < -0.4 is 24.8 Å². The number of rotatable bonds is 11. The summed E-state index contributed by atoms with van der Waals surface area (Å²) in [6, 6.07) is 1.83. The van der Waals surface area contributed by atoms with E-state index in [1.54, 1.807) is 0 Å². The minimum Gasteiger partial charge on any atom is -0.493 e. The van der Waals surface area contributed by atoms with Crippen LogP contribution in [-0.2, 0) is 9.59 Å². The van der Waals surface area contributed by atoms with Crippen LogP contribution in [0.3, 0.4) is 0 Å². The molecular weight excluding hydrogens is 380 g/mol. The number of carbonyl (C=O) groups is 3. The van der Waals surface area contributed by atoms with E-state index in [2.05, 4.69) is 10.6 Å². The molecule has 27 heavy (non-hydrogen) atoms. The van der Waals surface area contributed by atoms with Crippen LogP contribution in [0, 0.1) is 0 Å². The van der Waals surface area contributed by atoms with Crippen LogP contribution in [0.1, 0.15) is 23.2 Å². The van der Waals surface area contributed by atoms with E-state index in [4.69, 9.17) is 30.9 Å². The maximum absolute atomic E-state index is 12.6. The summed E-state index contributed by atoms with van der Waals surface area (Å²) < 4.78 is 15.6. The lowest BCUT2D eigenvalue weighted by molar-refractivity contribution is -0.137. The quantitative estimate of drug-likeness (QED) is 0.472. The van der Waals surface area contributed by atoms with Gasteiger partial charge in [-0.25, -0.2) is 0 Å². The number of methoxy groups -OCH3 is 3. The van der Waals surface area contributed by atoms with Crippen LogP contribution >= 0.6 is 11.6 Å². The van der Waals surface area contributed by atoms with Gasteiger partial charge in [-0.05, 0) is 18.6 Å². The molecule has 1 rings (SSSR count). The van der Waals surface area contributed by atoms with Crippen molar-refractivity contribution in [3.8, 4) is 17.2 Å². The molecule has 0 unspecified atom stereocenters. The fourth-order valence-corrected chi connectivity index (χ4v) is 2.38. The molecule has 0 aromatic heterocycles. The Labute approximate surface area is 161 Å². The Morgan fingerprint density at radius 2 is 1.70 bits per heavy atom. The largest absolute Gasteiger partial charge is 0.493 e. The summed E-state index contributed by atoms with van der Waals surface area (Å²) in [6.45, 7) is 0.198. The molecule has 10 heteroatoms. The fraction of sp³-hybridized carbons (Fsp3) is 0.471. The maximum atomic E-state index is 12.6. The summed E-state index contributed by atoms with van der Waals surface area (Å²) >= 11 is 5.54. The lowest BCUT2D eigenvalue weighted by Crippen LogP contribution is -2.47. The van der Waals surface area contributed by atoms with Gasteiger partial charge in [0.05, 0.1) is 21.3 Å². The van der Waals surface area contributed by atoms with Crippen molar-refractivity contribution in [2.45, 2.75) is 18.9 Å². The number of carbonyl (C=O) groups excluding carboxylic acids is 2. The molecule has 0 aliphatic rings. The van der Waals surface area contributed by atoms with Crippen molar-refractivity contribution in [2.75, 3.05) is 33.8 Å². The summed E-state index contributed by atoms with van der Waals surface area (Å²) in [5.41, 5.74) is 0.162. The zero-order valence-electron chi connectivity index (χ0n) is 15.3. The van der Waals surface area contributed by atoms with Gasteiger partial charge in [0.25, 0.3) is 5.91 Å². The fourth-order valence-electron chi connectivity index (χ4n) is 2.28. The number of amides is 2. The molecule has 3 N–H and O–H groups in total. The number of halogens is 1. The lowest BCUT2D eigenvalue weighted by Gasteiger charge is -2.19. The number of hydrogen-bond donors (Lipinski definition) is 3. The van der Waals surface area contributed by atoms with Crippen LogP contribution in [0.15, 0.2) is 12.1 Å². The molecule has 0 aliphatic carbocycles. The van der Waals surface area contributed by atoms with Crippen LogP contribution in [-0.4, -0.2) is 62.7 Å². The Morgan fingerprint density at radius 1 is 1.11 bits per heavy atom. The van der Waals surface area contributed by atoms with Gasteiger partial charge in [0, 0.05) is 24.4 Å². The molecule has 1 aromatic carbocycles. The maximum Gasteiger partial charge on any atom is 0.303 e. The number of alkyl halides is 1. The highest BCUT2D eigenvalue weighted by molar-refractivity contribution is 6.18. The van der Waals surface area contributed by atoms with Gasteiger partial charge >= 0.3 is 5.97 Å². The van der Waals surface area contributed by atoms with Crippen LogP contribution in [0.25, 0.3) is 0 Å². The molecule has 0 bridgehead atoms. The molecule has 2 amide bonds. The summed E-state index contributed by atoms with van der Waals surface area (Å²) in [6.07, 6.45) is -0.353. The molecule has 0 saturated carbocycles. The Morgan fingerprint density at radius 3 is 2.15 bits per heavy atom.